The van der Waals surface area contributed by atoms with E-state index in [2.05, 4.69) is 5.10 Å². The number of Topliss-reactive ketones (excluding diaryl/α,β-unsaturated/α-hetero) is 1. The van der Waals surface area contributed by atoms with Gasteiger partial charge < -0.3 is 5.11 Å². The number of benzene rings is 1. The number of rotatable bonds is 2. The quantitative estimate of drug-likeness (QED) is 0.841. The highest BCUT2D eigenvalue weighted by molar-refractivity contribution is 5.97. The molecule has 0 fully saturated rings. The van der Waals surface area contributed by atoms with Crippen LogP contribution in [0.5, 0.6) is 5.75 Å². The van der Waals surface area contributed by atoms with Gasteiger partial charge in [-0.25, -0.2) is 0 Å². The van der Waals surface area contributed by atoms with Crippen LogP contribution in [0.15, 0.2) is 30.3 Å². The fourth-order valence-corrected chi connectivity index (χ4v) is 2.00. The Hall–Kier alpha value is -2.10. The van der Waals surface area contributed by atoms with Gasteiger partial charge in [0.1, 0.15) is 11.4 Å². The highest BCUT2D eigenvalue weighted by atomic mass is 16.3. The van der Waals surface area contributed by atoms with E-state index in [9.17, 15) is 9.90 Å². The second kappa shape index (κ2) is 4.53. The summed E-state index contributed by atoms with van der Waals surface area (Å²) in [4.78, 5) is 11.8. The monoisotopic (exact) mass is 258 g/mol. The third kappa shape index (κ3) is 2.38. The van der Waals surface area contributed by atoms with E-state index in [4.69, 9.17) is 0 Å². The number of ketones is 1. The van der Waals surface area contributed by atoms with E-state index in [1.807, 2.05) is 51.1 Å². The second-order valence-electron chi connectivity index (χ2n) is 5.55. The van der Waals surface area contributed by atoms with Gasteiger partial charge in [0.25, 0.3) is 0 Å². The first-order valence-electron chi connectivity index (χ1n) is 6.21. The van der Waals surface area contributed by atoms with Gasteiger partial charge in [0, 0.05) is 12.5 Å². The summed E-state index contributed by atoms with van der Waals surface area (Å²) in [5.74, 6) is -0.240. The van der Waals surface area contributed by atoms with Crippen LogP contribution in [0.1, 0.15) is 38.2 Å². The van der Waals surface area contributed by atoms with Crippen molar-refractivity contribution in [1.29, 1.82) is 0 Å². The van der Waals surface area contributed by atoms with Crippen molar-refractivity contribution >= 4 is 5.78 Å². The van der Waals surface area contributed by atoms with E-state index in [0.717, 1.165) is 5.56 Å². The van der Waals surface area contributed by atoms with Crippen LogP contribution < -0.4 is 0 Å². The van der Waals surface area contributed by atoms with Crippen molar-refractivity contribution in [3.63, 3.8) is 0 Å². The Balaban J connectivity index is 2.70. The molecule has 4 nitrogen and oxygen atoms in total. The largest absolute Gasteiger partial charge is 0.504 e. The lowest BCUT2D eigenvalue weighted by Crippen LogP contribution is -2.26. The van der Waals surface area contributed by atoms with E-state index in [1.165, 1.54) is 6.92 Å². The predicted molar refractivity (Wildman–Crippen MR) is 74.3 cm³/mol. The number of carbonyl (C=O) groups is 1. The molecular formula is C15H18N2O2. The number of aromatic nitrogens is 2. The number of carbonyl (C=O) groups excluding carboxylic acids is 1. The molecule has 0 atom stereocenters. The maximum Gasteiger partial charge on any atom is 0.181 e. The number of hydrogen-bond donors (Lipinski definition) is 1. The van der Waals surface area contributed by atoms with Crippen LogP contribution in [0.25, 0.3) is 11.3 Å². The molecule has 0 amide bonds. The van der Waals surface area contributed by atoms with Gasteiger partial charge in [0.2, 0.25) is 0 Å². The van der Waals surface area contributed by atoms with E-state index in [-0.39, 0.29) is 22.8 Å². The first-order valence-corrected chi connectivity index (χ1v) is 6.21. The Morgan fingerprint density at radius 2 is 1.79 bits per heavy atom. The lowest BCUT2D eigenvalue weighted by atomic mass is 10.1. The summed E-state index contributed by atoms with van der Waals surface area (Å²) >= 11 is 0. The maximum atomic E-state index is 11.8. The molecule has 2 rings (SSSR count). The first-order chi connectivity index (χ1) is 8.82. The number of aromatic hydroxyl groups is 1. The Bertz CT molecular complexity index is 607. The molecule has 1 aromatic heterocycles. The molecule has 0 aliphatic heterocycles. The van der Waals surface area contributed by atoms with Gasteiger partial charge in [-0.2, -0.15) is 5.10 Å². The average Bonchev–Trinajstić information content (AvgIpc) is 2.68. The molecule has 100 valence electrons. The highest BCUT2D eigenvalue weighted by Gasteiger charge is 2.27. The van der Waals surface area contributed by atoms with Gasteiger partial charge in [-0.1, -0.05) is 30.3 Å². The van der Waals surface area contributed by atoms with Gasteiger partial charge in [0.15, 0.2) is 11.5 Å². The fraction of sp³-hybridized carbons (Fsp3) is 0.333. The van der Waals surface area contributed by atoms with Crippen molar-refractivity contribution < 1.29 is 9.90 Å². The van der Waals surface area contributed by atoms with E-state index in [0.29, 0.717) is 5.69 Å². The van der Waals surface area contributed by atoms with Gasteiger partial charge in [-0.3, -0.25) is 9.48 Å². The van der Waals surface area contributed by atoms with Crippen LogP contribution in [0, 0.1) is 0 Å². The van der Waals surface area contributed by atoms with Crippen LogP contribution in [0.4, 0.5) is 0 Å². The summed E-state index contributed by atoms with van der Waals surface area (Å²) in [7, 11) is 0. The number of nitrogens with zero attached hydrogens (tertiary/aromatic N) is 2. The van der Waals surface area contributed by atoms with Crippen molar-refractivity contribution in [3.8, 4) is 17.0 Å². The van der Waals surface area contributed by atoms with Crippen molar-refractivity contribution in [2.24, 2.45) is 0 Å². The van der Waals surface area contributed by atoms with Crippen molar-refractivity contribution in [1.82, 2.24) is 9.78 Å². The Morgan fingerprint density at radius 3 is 2.21 bits per heavy atom. The van der Waals surface area contributed by atoms with E-state index in [1.54, 1.807) is 4.68 Å². The molecule has 0 saturated heterocycles. The van der Waals surface area contributed by atoms with Gasteiger partial charge in [0.05, 0.1) is 5.54 Å². The number of hydrogen-bond acceptors (Lipinski definition) is 3. The predicted octanol–water partition coefficient (Wildman–Crippen LogP) is 3.21. The minimum Gasteiger partial charge on any atom is -0.504 e. The summed E-state index contributed by atoms with van der Waals surface area (Å²) in [6.07, 6.45) is 0. The molecule has 0 saturated carbocycles. The highest BCUT2D eigenvalue weighted by Crippen LogP contribution is 2.34. The molecule has 1 heterocycles. The molecule has 1 N–H and O–H groups in total. The molecule has 0 unspecified atom stereocenters. The van der Waals surface area contributed by atoms with Crippen molar-refractivity contribution in [3.05, 3.63) is 36.0 Å². The fourth-order valence-electron chi connectivity index (χ4n) is 2.00. The Kier molecular flexibility index (Phi) is 3.18. The normalized spacial score (nSPS) is 11.6. The molecule has 2 aromatic rings. The van der Waals surface area contributed by atoms with Crippen molar-refractivity contribution in [2.45, 2.75) is 33.2 Å². The maximum absolute atomic E-state index is 11.8. The summed E-state index contributed by atoms with van der Waals surface area (Å²) in [6, 6.07) is 9.36. The second-order valence-corrected chi connectivity index (χ2v) is 5.55. The Labute approximate surface area is 112 Å². The summed E-state index contributed by atoms with van der Waals surface area (Å²) in [6.45, 7) is 7.27. The standard InChI is InChI=1S/C15H18N2O2/c1-10(18)13-14(19)12(11-8-6-5-7-9-11)16-17(13)15(2,3)4/h5-9,19H,1-4H3. The summed E-state index contributed by atoms with van der Waals surface area (Å²) in [5.41, 5.74) is 1.13. The molecule has 19 heavy (non-hydrogen) atoms. The van der Waals surface area contributed by atoms with Crippen LogP contribution in [-0.2, 0) is 5.54 Å². The molecule has 0 aliphatic rings. The third-order valence-corrected chi connectivity index (χ3v) is 2.88. The van der Waals surface area contributed by atoms with Crippen LogP contribution in [0.2, 0.25) is 0 Å². The molecule has 0 radical (unpaired) electrons. The SMILES string of the molecule is CC(=O)c1c(O)c(-c2ccccc2)nn1C(C)(C)C. The summed E-state index contributed by atoms with van der Waals surface area (Å²) in [5, 5.41) is 14.7. The lowest BCUT2D eigenvalue weighted by molar-refractivity contribution is 0.0993. The average molecular weight is 258 g/mol. The zero-order valence-electron chi connectivity index (χ0n) is 11.6. The van der Waals surface area contributed by atoms with E-state index >= 15 is 0 Å². The van der Waals surface area contributed by atoms with Crippen LogP contribution in [-0.4, -0.2) is 20.7 Å². The molecule has 0 spiro atoms. The minimum absolute atomic E-state index is 0.0476. The minimum atomic E-state index is -0.370. The van der Waals surface area contributed by atoms with Crippen molar-refractivity contribution in [2.75, 3.05) is 0 Å². The van der Waals surface area contributed by atoms with Crippen LogP contribution >= 0.6 is 0 Å². The smallest absolute Gasteiger partial charge is 0.181 e. The zero-order chi connectivity index (χ0) is 14.2. The first kappa shape index (κ1) is 13.3. The Morgan fingerprint density at radius 1 is 1.21 bits per heavy atom. The zero-order valence-corrected chi connectivity index (χ0v) is 11.6. The lowest BCUT2D eigenvalue weighted by Gasteiger charge is -2.21. The molecule has 0 aliphatic carbocycles. The van der Waals surface area contributed by atoms with Gasteiger partial charge in [-0.15, -0.1) is 0 Å². The van der Waals surface area contributed by atoms with Crippen LogP contribution in [0.3, 0.4) is 0 Å². The van der Waals surface area contributed by atoms with E-state index < -0.39 is 0 Å². The topological polar surface area (TPSA) is 55.1 Å². The molecular weight excluding hydrogens is 240 g/mol. The van der Waals surface area contributed by atoms with Gasteiger partial charge in [-0.05, 0) is 20.8 Å². The summed E-state index contributed by atoms with van der Waals surface area (Å²) < 4.78 is 1.59. The third-order valence-electron chi connectivity index (χ3n) is 2.88. The van der Waals surface area contributed by atoms with Gasteiger partial charge >= 0.3 is 0 Å². The molecule has 4 heteroatoms. The molecule has 0 bridgehead atoms. The molecule has 1 aromatic carbocycles.